The summed E-state index contributed by atoms with van der Waals surface area (Å²) in [5, 5.41) is 60.8. The first-order valence-electron chi connectivity index (χ1n) is 12.6. The Labute approximate surface area is 237 Å². The van der Waals surface area contributed by atoms with Crippen molar-refractivity contribution >= 4 is 52.2 Å². The van der Waals surface area contributed by atoms with Crippen LogP contribution in [0, 0.1) is 11.8 Å². The largest absolute Gasteiger partial charge is 0.508 e. The Balaban J connectivity index is 1.55. The van der Waals surface area contributed by atoms with Crippen molar-refractivity contribution in [1.29, 1.82) is 0 Å². The van der Waals surface area contributed by atoms with Crippen LogP contribution in [-0.2, 0) is 20.3 Å². The van der Waals surface area contributed by atoms with Gasteiger partial charge in [-0.3, -0.25) is 14.4 Å². The molecule has 5 rings (SSSR count). The maximum absolute atomic E-state index is 13.7. The molecule has 12 nitrogen and oxygen atoms in total. The number of aromatic hydroxyl groups is 1. The summed E-state index contributed by atoms with van der Waals surface area (Å²) in [5.74, 6) is -9.40. The summed E-state index contributed by atoms with van der Waals surface area (Å²) in [6.07, 6.45) is -2.29. The Morgan fingerprint density at radius 2 is 1.73 bits per heavy atom. The Morgan fingerprint density at radius 3 is 2.34 bits per heavy atom. The van der Waals surface area contributed by atoms with E-state index in [0.717, 1.165) is 5.56 Å². The van der Waals surface area contributed by atoms with Gasteiger partial charge < -0.3 is 41.9 Å². The van der Waals surface area contributed by atoms with Crippen molar-refractivity contribution in [3.8, 4) is 5.75 Å². The second-order valence-electron chi connectivity index (χ2n) is 10.3. The maximum Gasteiger partial charge on any atom is 0.323 e. The Kier molecular flexibility index (Phi) is 6.80. The lowest BCUT2D eigenvalue weighted by Crippen LogP contribution is -2.63. The van der Waals surface area contributed by atoms with Gasteiger partial charge in [0.1, 0.15) is 22.8 Å². The monoisotopic (exact) mass is 583 g/mol. The molecule has 3 amide bonds. The quantitative estimate of drug-likeness (QED) is 0.150. The average molecular weight is 584 g/mol. The minimum absolute atomic E-state index is 0.126. The van der Waals surface area contributed by atoms with Crippen LogP contribution in [0.1, 0.15) is 36.0 Å². The molecule has 5 unspecified atom stereocenters. The van der Waals surface area contributed by atoms with Crippen molar-refractivity contribution in [3.05, 3.63) is 70.0 Å². The summed E-state index contributed by atoms with van der Waals surface area (Å²) < 4.78 is 0. The topological polar surface area (TPSA) is 220 Å². The molecule has 41 heavy (non-hydrogen) atoms. The number of halogens is 1. The SMILES string of the molecule is CC1c2ccc(NC(=O)Nc3ccc(CCl)cc3)c(O)c2C(O)=C2C(=O)C3(O)C(O)=C(C(N)=O)C(=O)CC3C(O)C21. The van der Waals surface area contributed by atoms with Crippen molar-refractivity contribution in [1.82, 2.24) is 0 Å². The number of primary amides is 1. The molecule has 13 heteroatoms. The number of aliphatic hydroxyl groups is 4. The third kappa shape index (κ3) is 4.14. The minimum atomic E-state index is -2.93. The number of carbonyl (C=O) groups excluding carboxylic acids is 4. The number of phenols is 1. The number of nitrogens with two attached hydrogens (primary N) is 1. The standard InChI is InChI=1S/C28H26ClN3O9/c1-10-13-6-7-15(32-27(40)31-12-4-2-11(9-29)3-5-12)22(35)18(13)23(36)20-17(10)21(34)14-8-16(33)19(26(30)39)24(37)28(14,41)25(20)38/h2-7,10,14,17,21,34-37,41H,8-9H2,1H3,(H2,30,39)(H2,31,32,40). The van der Waals surface area contributed by atoms with Crippen molar-refractivity contribution < 1.29 is 44.7 Å². The van der Waals surface area contributed by atoms with Crippen molar-refractivity contribution in [2.75, 3.05) is 10.6 Å². The number of hydrogen-bond acceptors (Lipinski definition) is 9. The van der Waals surface area contributed by atoms with E-state index in [4.69, 9.17) is 17.3 Å². The zero-order chi connectivity index (χ0) is 30.0. The van der Waals surface area contributed by atoms with E-state index in [0.29, 0.717) is 17.1 Å². The third-order valence-corrected chi connectivity index (χ3v) is 8.42. The second kappa shape index (κ2) is 9.91. The van der Waals surface area contributed by atoms with E-state index >= 15 is 0 Å². The predicted octanol–water partition coefficient (Wildman–Crippen LogP) is 2.34. The highest BCUT2D eigenvalue weighted by Crippen LogP contribution is 2.56. The summed E-state index contributed by atoms with van der Waals surface area (Å²) in [5.41, 5.74) is 2.01. The van der Waals surface area contributed by atoms with E-state index in [9.17, 15) is 44.7 Å². The number of rotatable bonds is 4. The van der Waals surface area contributed by atoms with Gasteiger partial charge in [-0.25, -0.2) is 4.79 Å². The Hall–Kier alpha value is -4.39. The molecule has 2 aromatic carbocycles. The van der Waals surface area contributed by atoms with Gasteiger partial charge in [0.05, 0.1) is 17.4 Å². The molecule has 0 saturated heterocycles. The molecular weight excluding hydrogens is 558 g/mol. The lowest BCUT2D eigenvalue weighted by Gasteiger charge is -2.50. The van der Waals surface area contributed by atoms with Crippen molar-refractivity contribution in [2.24, 2.45) is 17.6 Å². The molecule has 5 atom stereocenters. The van der Waals surface area contributed by atoms with E-state index in [-0.39, 0.29) is 11.3 Å². The molecule has 1 saturated carbocycles. The Morgan fingerprint density at radius 1 is 1.07 bits per heavy atom. The van der Waals surface area contributed by atoms with Gasteiger partial charge in [0.25, 0.3) is 5.91 Å². The summed E-state index contributed by atoms with van der Waals surface area (Å²) >= 11 is 5.78. The first kappa shape index (κ1) is 28.1. The summed E-state index contributed by atoms with van der Waals surface area (Å²) in [6.45, 7) is 1.61. The summed E-state index contributed by atoms with van der Waals surface area (Å²) in [6, 6.07) is 8.84. The molecule has 0 aliphatic heterocycles. The Bertz CT molecular complexity index is 1580. The summed E-state index contributed by atoms with van der Waals surface area (Å²) in [7, 11) is 0. The second-order valence-corrected chi connectivity index (χ2v) is 10.6. The van der Waals surface area contributed by atoms with E-state index in [1.807, 2.05) is 0 Å². The highest BCUT2D eigenvalue weighted by molar-refractivity contribution is 6.23. The van der Waals surface area contributed by atoms with Crippen LogP contribution in [0.4, 0.5) is 16.2 Å². The first-order valence-corrected chi connectivity index (χ1v) is 13.1. The van der Waals surface area contributed by atoms with Gasteiger partial charge in [-0.2, -0.15) is 0 Å². The fourth-order valence-corrected chi connectivity index (χ4v) is 6.24. The number of Topliss-reactive ketones (excluding diaryl/α,β-unsaturated/α-hetero) is 2. The van der Waals surface area contributed by atoms with Crippen LogP contribution in [0.25, 0.3) is 5.76 Å². The van der Waals surface area contributed by atoms with E-state index in [2.05, 4.69) is 10.6 Å². The number of anilines is 2. The van der Waals surface area contributed by atoms with Gasteiger partial charge in [0.2, 0.25) is 5.78 Å². The first-order chi connectivity index (χ1) is 19.3. The molecule has 214 valence electrons. The van der Waals surface area contributed by atoms with Crippen LogP contribution in [0.5, 0.6) is 5.75 Å². The number of carbonyl (C=O) groups is 4. The number of benzene rings is 2. The highest BCUT2D eigenvalue weighted by Gasteiger charge is 2.64. The molecule has 0 aromatic heterocycles. The number of aliphatic hydroxyl groups excluding tert-OH is 3. The number of alkyl halides is 1. The lowest BCUT2D eigenvalue weighted by atomic mass is 9.55. The number of fused-ring (bicyclic) bond motifs is 3. The van der Waals surface area contributed by atoms with Crippen LogP contribution >= 0.6 is 11.6 Å². The molecule has 0 spiro atoms. The number of nitrogens with one attached hydrogen (secondary N) is 2. The summed E-state index contributed by atoms with van der Waals surface area (Å²) in [4.78, 5) is 50.7. The van der Waals surface area contributed by atoms with Crippen LogP contribution < -0.4 is 16.4 Å². The van der Waals surface area contributed by atoms with E-state index in [1.54, 1.807) is 31.2 Å². The molecule has 1 fully saturated rings. The molecule has 0 bridgehead atoms. The number of amides is 3. The number of hydrogen-bond donors (Lipinski definition) is 8. The molecule has 2 aromatic rings. The van der Waals surface area contributed by atoms with Crippen LogP contribution in [0.15, 0.2) is 53.3 Å². The fraction of sp³-hybridized carbons (Fsp3) is 0.286. The van der Waals surface area contributed by atoms with Gasteiger partial charge in [0.15, 0.2) is 11.4 Å². The van der Waals surface area contributed by atoms with Crippen molar-refractivity contribution in [3.63, 3.8) is 0 Å². The van der Waals surface area contributed by atoms with Gasteiger partial charge in [-0.15, -0.1) is 11.6 Å². The average Bonchev–Trinajstić information content (AvgIpc) is 2.92. The molecular formula is C28H26ClN3O9. The molecule has 9 N–H and O–H groups in total. The zero-order valence-electron chi connectivity index (χ0n) is 21.5. The van der Waals surface area contributed by atoms with Crippen LogP contribution in [-0.4, -0.2) is 60.7 Å². The molecule has 0 radical (unpaired) electrons. The van der Waals surface area contributed by atoms with E-state index < -0.39 is 87.8 Å². The lowest BCUT2D eigenvalue weighted by molar-refractivity contribution is -0.160. The van der Waals surface area contributed by atoms with Gasteiger partial charge in [-0.1, -0.05) is 25.1 Å². The number of urea groups is 1. The normalized spacial score (nSPS) is 27.1. The fourth-order valence-electron chi connectivity index (χ4n) is 6.06. The molecule has 3 aliphatic rings. The van der Waals surface area contributed by atoms with Crippen LogP contribution in [0.3, 0.4) is 0 Å². The van der Waals surface area contributed by atoms with Gasteiger partial charge in [0, 0.05) is 35.4 Å². The van der Waals surface area contributed by atoms with Crippen LogP contribution in [0.2, 0.25) is 0 Å². The third-order valence-electron chi connectivity index (χ3n) is 8.11. The maximum atomic E-state index is 13.7. The highest BCUT2D eigenvalue weighted by atomic mass is 35.5. The number of ketones is 2. The van der Waals surface area contributed by atoms with Gasteiger partial charge >= 0.3 is 6.03 Å². The predicted molar refractivity (Wildman–Crippen MR) is 146 cm³/mol. The minimum Gasteiger partial charge on any atom is -0.508 e. The molecule has 0 heterocycles. The zero-order valence-corrected chi connectivity index (χ0v) is 22.3. The smallest absolute Gasteiger partial charge is 0.323 e. The molecule has 3 aliphatic carbocycles. The van der Waals surface area contributed by atoms with E-state index in [1.165, 1.54) is 12.1 Å². The van der Waals surface area contributed by atoms with Gasteiger partial charge in [-0.05, 0) is 35.2 Å². The van der Waals surface area contributed by atoms with Crippen molar-refractivity contribution in [2.45, 2.75) is 36.8 Å². The number of phenolic OH excluding ortho intramolecular Hbond substituents is 1.